The summed E-state index contributed by atoms with van der Waals surface area (Å²) in [5, 5.41) is 36.8. The highest BCUT2D eigenvalue weighted by atomic mass is 79.9. The van der Waals surface area contributed by atoms with E-state index in [4.69, 9.17) is 9.88 Å². The lowest BCUT2D eigenvalue weighted by Gasteiger charge is -2.18. The molecule has 0 unspecified atom stereocenters. The van der Waals surface area contributed by atoms with Crippen molar-refractivity contribution in [3.8, 4) is 11.6 Å². The molecule has 1 aromatic heterocycles. The molecule has 0 spiro atoms. The zero-order valence-corrected chi connectivity index (χ0v) is 16.8. The fourth-order valence-corrected chi connectivity index (χ4v) is 3.21. The molecule has 2 rings (SSSR count). The maximum absolute atomic E-state index is 11.6. The van der Waals surface area contributed by atoms with Gasteiger partial charge in [0.25, 0.3) is 0 Å². The van der Waals surface area contributed by atoms with Gasteiger partial charge in [0.1, 0.15) is 16.7 Å². The van der Waals surface area contributed by atoms with E-state index >= 15 is 0 Å². The monoisotopic (exact) mass is 462 g/mol. The molecule has 0 radical (unpaired) electrons. The first-order valence-electron chi connectivity index (χ1n) is 7.66. The highest BCUT2D eigenvalue weighted by Crippen LogP contribution is 2.32. The van der Waals surface area contributed by atoms with Gasteiger partial charge in [-0.05, 0) is 35.8 Å². The van der Waals surface area contributed by atoms with Crippen LogP contribution >= 0.6 is 15.9 Å². The number of nitrogens with one attached hydrogen (secondary N) is 1. The maximum Gasteiger partial charge on any atom is 0.242 e. The topological polar surface area (TPSA) is 168 Å². The first-order valence-corrected chi connectivity index (χ1v) is 10.0. The van der Waals surface area contributed by atoms with Crippen LogP contribution in [0.25, 0.3) is 0 Å². The van der Waals surface area contributed by atoms with Gasteiger partial charge >= 0.3 is 0 Å². The van der Waals surface area contributed by atoms with Crippen LogP contribution in [0.2, 0.25) is 0 Å². The average molecular weight is 463 g/mol. The van der Waals surface area contributed by atoms with Crippen LogP contribution in [0, 0.1) is 0 Å². The average Bonchev–Trinajstić information content (AvgIpc) is 2.55. The number of primary sulfonamides is 1. The Morgan fingerprint density at radius 3 is 2.59 bits per heavy atom. The second-order valence-electron chi connectivity index (χ2n) is 5.72. The van der Waals surface area contributed by atoms with Crippen LogP contribution in [0.4, 0.5) is 11.6 Å². The SMILES string of the molecule is C[C@@H](O)[C@@H](C)Oc1nc(Nc2cc(O)c(S(N)(=O)=O)c(CO)c2)ncc1Br. The molecule has 1 heterocycles. The molecular weight excluding hydrogens is 444 g/mol. The molecule has 12 heteroatoms. The van der Waals surface area contributed by atoms with Crippen molar-refractivity contribution in [3.63, 3.8) is 0 Å². The second kappa shape index (κ2) is 8.35. The van der Waals surface area contributed by atoms with Crippen LogP contribution in [-0.2, 0) is 16.6 Å². The zero-order valence-electron chi connectivity index (χ0n) is 14.4. The Labute approximate surface area is 164 Å². The van der Waals surface area contributed by atoms with Gasteiger partial charge in [-0.15, -0.1) is 0 Å². The number of phenols is 1. The minimum atomic E-state index is -4.22. The van der Waals surface area contributed by atoms with E-state index in [9.17, 15) is 23.7 Å². The van der Waals surface area contributed by atoms with Crippen LogP contribution in [0.15, 0.2) is 27.7 Å². The van der Waals surface area contributed by atoms with E-state index in [0.29, 0.717) is 4.47 Å². The van der Waals surface area contributed by atoms with Crippen molar-refractivity contribution in [3.05, 3.63) is 28.4 Å². The van der Waals surface area contributed by atoms with Gasteiger partial charge in [0, 0.05) is 17.3 Å². The van der Waals surface area contributed by atoms with Gasteiger partial charge < -0.3 is 25.4 Å². The van der Waals surface area contributed by atoms with Gasteiger partial charge in [-0.1, -0.05) is 0 Å². The molecule has 0 aliphatic heterocycles. The van der Waals surface area contributed by atoms with E-state index in [1.165, 1.54) is 12.3 Å². The zero-order chi connectivity index (χ0) is 20.4. The molecular formula is C15H19BrN4O6S. The lowest BCUT2D eigenvalue weighted by atomic mass is 10.2. The number of phenolic OH excluding ortho intramolecular Hbond substituents is 1. The first kappa shape index (κ1) is 21.3. The van der Waals surface area contributed by atoms with E-state index in [1.54, 1.807) is 13.8 Å². The van der Waals surface area contributed by atoms with Gasteiger partial charge in [-0.25, -0.2) is 18.5 Å². The third-order valence-corrected chi connectivity index (χ3v) is 5.13. The van der Waals surface area contributed by atoms with Gasteiger partial charge in [0.2, 0.25) is 21.9 Å². The van der Waals surface area contributed by atoms with Gasteiger partial charge in [-0.3, -0.25) is 0 Å². The first-order chi connectivity index (χ1) is 12.5. The predicted molar refractivity (Wildman–Crippen MR) is 100 cm³/mol. The molecule has 0 aliphatic rings. The Morgan fingerprint density at radius 2 is 2.04 bits per heavy atom. The minimum absolute atomic E-state index is 0.0811. The molecule has 0 saturated heterocycles. The summed E-state index contributed by atoms with van der Waals surface area (Å²) in [6.07, 6.45) is 0.173. The summed E-state index contributed by atoms with van der Waals surface area (Å²) in [5.41, 5.74) is 0.136. The normalized spacial score (nSPS) is 13.9. The van der Waals surface area contributed by atoms with Crippen molar-refractivity contribution in [1.82, 2.24) is 9.97 Å². The number of aromatic nitrogens is 2. The lowest BCUT2D eigenvalue weighted by molar-refractivity contribution is 0.0569. The summed E-state index contributed by atoms with van der Waals surface area (Å²) in [6, 6.07) is 2.41. The van der Waals surface area contributed by atoms with Crippen LogP contribution < -0.4 is 15.2 Å². The van der Waals surface area contributed by atoms with Crippen molar-refractivity contribution < 1.29 is 28.5 Å². The van der Waals surface area contributed by atoms with Crippen molar-refractivity contribution in [2.75, 3.05) is 5.32 Å². The molecule has 0 amide bonds. The van der Waals surface area contributed by atoms with Crippen LogP contribution in [0.3, 0.4) is 0 Å². The van der Waals surface area contributed by atoms with E-state index in [0.717, 1.165) is 6.07 Å². The standard InChI is InChI=1S/C15H19BrN4O6S/c1-7(22)8(2)26-14-11(16)5-18-15(20-14)19-10-3-9(6-21)13(12(23)4-10)27(17,24)25/h3-5,7-8,21-23H,6H2,1-2H3,(H2,17,24,25)(H,18,19,20)/t7-,8-/m1/s1. The van der Waals surface area contributed by atoms with E-state index in [2.05, 4.69) is 31.2 Å². The predicted octanol–water partition coefficient (Wildman–Crippen LogP) is 0.976. The van der Waals surface area contributed by atoms with E-state index in [-0.39, 0.29) is 23.1 Å². The number of aliphatic hydroxyl groups excluding tert-OH is 2. The van der Waals surface area contributed by atoms with Crippen LogP contribution in [0.1, 0.15) is 19.4 Å². The molecule has 2 aromatic rings. The van der Waals surface area contributed by atoms with Crippen molar-refractivity contribution >= 4 is 37.6 Å². The molecule has 1 aromatic carbocycles. The summed E-state index contributed by atoms with van der Waals surface area (Å²) in [7, 11) is -4.22. The second-order valence-corrected chi connectivity index (χ2v) is 8.07. The Kier molecular flexibility index (Phi) is 6.59. The molecule has 0 aliphatic carbocycles. The molecule has 6 N–H and O–H groups in total. The van der Waals surface area contributed by atoms with E-state index in [1.807, 2.05) is 0 Å². The molecule has 0 bridgehead atoms. The number of ether oxygens (including phenoxy) is 1. The number of sulfonamides is 1. The molecule has 2 atom stereocenters. The number of nitrogens with zero attached hydrogens (tertiary/aromatic N) is 2. The number of nitrogens with two attached hydrogens (primary N) is 1. The molecule has 10 nitrogen and oxygen atoms in total. The van der Waals surface area contributed by atoms with Gasteiger partial charge in [-0.2, -0.15) is 4.98 Å². The Morgan fingerprint density at radius 1 is 1.37 bits per heavy atom. The summed E-state index contributed by atoms with van der Waals surface area (Å²) >= 11 is 3.25. The minimum Gasteiger partial charge on any atom is -0.506 e. The van der Waals surface area contributed by atoms with E-state index < -0.39 is 39.5 Å². The fraction of sp³-hybridized carbons (Fsp3) is 0.333. The lowest BCUT2D eigenvalue weighted by Crippen LogP contribution is -2.26. The summed E-state index contributed by atoms with van der Waals surface area (Å²) < 4.78 is 29.1. The number of halogens is 1. The molecule has 0 saturated carbocycles. The van der Waals surface area contributed by atoms with Crippen molar-refractivity contribution in [2.24, 2.45) is 5.14 Å². The largest absolute Gasteiger partial charge is 0.506 e. The summed E-state index contributed by atoms with van der Waals surface area (Å²) in [6.45, 7) is 2.59. The quantitative estimate of drug-likeness (QED) is 0.402. The van der Waals surface area contributed by atoms with Crippen molar-refractivity contribution in [2.45, 2.75) is 37.6 Å². The number of anilines is 2. The smallest absolute Gasteiger partial charge is 0.242 e. The highest BCUT2D eigenvalue weighted by molar-refractivity contribution is 9.10. The Hall–Kier alpha value is -1.99. The fourth-order valence-electron chi connectivity index (χ4n) is 2.09. The Balaban J connectivity index is 2.36. The van der Waals surface area contributed by atoms with Crippen LogP contribution in [0.5, 0.6) is 11.6 Å². The highest BCUT2D eigenvalue weighted by Gasteiger charge is 2.21. The number of benzene rings is 1. The number of hydrogen-bond acceptors (Lipinski definition) is 9. The number of aliphatic hydroxyl groups is 2. The molecule has 0 fully saturated rings. The summed E-state index contributed by atoms with van der Waals surface area (Å²) in [4.78, 5) is 7.65. The Bertz CT molecular complexity index is 938. The molecule has 148 valence electrons. The molecule has 27 heavy (non-hydrogen) atoms. The van der Waals surface area contributed by atoms with Crippen molar-refractivity contribution in [1.29, 1.82) is 0 Å². The summed E-state index contributed by atoms with van der Waals surface area (Å²) in [5.74, 6) is -0.367. The number of aromatic hydroxyl groups is 1. The number of rotatable bonds is 7. The van der Waals surface area contributed by atoms with Crippen LogP contribution in [-0.4, -0.2) is 45.9 Å². The van der Waals surface area contributed by atoms with Gasteiger partial charge in [0.05, 0.1) is 23.4 Å². The van der Waals surface area contributed by atoms with Gasteiger partial charge in [0.15, 0.2) is 0 Å². The third kappa shape index (κ3) is 5.26. The third-order valence-electron chi connectivity index (χ3n) is 3.55. The maximum atomic E-state index is 11.6. The number of hydrogen-bond donors (Lipinski definition) is 5.